The fraction of sp³-hybridized carbons (Fsp3) is 0.143. The molecule has 0 radical (unpaired) electrons. The fourth-order valence-corrected chi connectivity index (χ4v) is 1.62. The van der Waals surface area contributed by atoms with Crippen LogP contribution in [-0.4, -0.2) is 10.8 Å². The number of nitrogens with zero attached hydrogens (tertiary/aromatic N) is 1. The Labute approximate surface area is 99.1 Å². The van der Waals surface area contributed by atoms with Crippen molar-refractivity contribution < 1.29 is 9.18 Å². The molecule has 0 amide bonds. The molecular weight excluding hydrogens is 217 g/mol. The second-order valence-electron chi connectivity index (χ2n) is 3.98. The Hall–Kier alpha value is -2.03. The van der Waals surface area contributed by atoms with Crippen molar-refractivity contribution in [2.45, 2.75) is 13.8 Å². The number of carbonyl (C=O) groups excluding carboxylic acids is 1. The van der Waals surface area contributed by atoms with Gasteiger partial charge in [-0.25, -0.2) is 4.39 Å². The lowest BCUT2D eigenvalue weighted by Gasteiger charge is -2.05. The number of aryl methyl sites for hydroxylation is 2. The lowest BCUT2D eigenvalue weighted by molar-refractivity contribution is 0.103. The van der Waals surface area contributed by atoms with E-state index in [4.69, 9.17) is 0 Å². The van der Waals surface area contributed by atoms with Crippen LogP contribution < -0.4 is 0 Å². The summed E-state index contributed by atoms with van der Waals surface area (Å²) in [5.41, 5.74) is 2.25. The van der Waals surface area contributed by atoms with Crippen LogP contribution in [0.1, 0.15) is 27.0 Å². The normalized spacial score (nSPS) is 10.3. The number of hydrogen-bond acceptors (Lipinski definition) is 2. The Morgan fingerprint density at radius 2 is 1.94 bits per heavy atom. The average Bonchev–Trinajstić information content (AvgIpc) is 2.32. The van der Waals surface area contributed by atoms with Gasteiger partial charge in [-0.2, -0.15) is 0 Å². The van der Waals surface area contributed by atoms with Gasteiger partial charge in [0, 0.05) is 23.5 Å². The molecule has 0 spiro atoms. The van der Waals surface area contributed by atoms with Crippen LogP contribution in [0.15, 0.2) is 36.7 Å². The van der Waals surface area contributed by atoms with Gasteiger partial charge < -0.3 is 0 Å². The maximum absolute atomic E-state index is 13.4. The van der Waals surface area contributed by atoms with E-state index in [2.05, 4.69) is 4.98 Å². The highest BCUT2D eigenvalue weighted by Crippen LogP contribution is 2.15. The van der Waals surface area contributed by atoms with Crippen LogP contribution in [0.4, 0.5) is 4.39 Å². The molecule has 1 aromatic carbocycles. The summed E-state index contributed by atoms with van der Waals surface area (Å²) in [5.74, 6) is -0.536. The van der Waals surface area contributed by atoms with Gasteiger partial charge in [-0.15, -0.1) is 0 Å². The Kier molecular flexibility index (Phi) is 3.00. The SMILES string of the molecule is Cc1ccc(C(=O)c2ccncc2C)cc1F. The van der Waals surface area contributed by atoms with Crippen molar-refractivity contribution in [3.05, 3.63) is 64.7 Å². The van der Waals surface area contributed by atoms with E-state index in [-0.39, 0.29) is 11.6 Å². The molecular formula is C14H12FNO. The van der Waals surface area contributed by atoms with Crippen LogP contribution in [-0.2, 0) is 0 Å². The largest absolute Gasteiger partial charge is 0.289 e. The molecule has 86 valence electrons. The average molecular weight is 229 g/mol. The van der Waals surface area contributed by atoms with Gasteiger partial charge in [-0.1, -0.05) is 12.1 Å². The van der Waals surface area contributed by atoms with Gasteiger partial charge in [-0.3, -0.25) is 9.78 Å². The van der Waals surface area contributed by atoms with Crippen LogP contribution >= 0.6 is 0 Å². The molecule has 17 heavy (non-hydrogen) atoms. The van der Waals surface area contributed by atoms with Crippen molar-refractivity contribution in [1.82, 2.24) is 4.98 Å². The third-order valence-electron chi connectivity index (χ3n) is 2.70. The molecule has 0 N–H and O–H groups in total. The summed E-state index contributed by atoms with van der Waals surface area (Å²) in [6.07, 6.45) is 3.18. The molecule has 2 aromatic rings. The predicted octanol–water partition coefficient (Wildman–Crippen LogP) is 3.07. The van der Waals surface area contributed by atoms with Gasteiger partial charge in [0.2, 0.25) is 0 Å². The number of carbonyl (C=O) groups is 1. The minimum absolute atomic E-state index is 0.177. The van der Waals surface area contributed by atoms with Gasteiger partial charge in [0.15, 0.2) is 5.78 Å². The Morgan fingerprint density at radius 3 is 2.59 bits per heavy atom. The maximum Gasteiger partial charge on any atom is 0.193 e. The first-order valence-electron chi connectivity index (χ1n) is 5.31. The lowest BCUT2D eigenvalue weighted by Crippen LogP contribution is -2.04. The molecule has 0 fully saturated rings. The van der Waals surface area contributed by atoms with Crippen molar-refractivity contribution in [2.24, 2.45) is 0 Å². The molecule has 2 rings (SSSR count). The standard InChI is InChI=1S/C14H12FNO/c1-9-3-4-11(7-13(9)15)14(17)12-5-6-16-8-10(12)2/h3-8H,1-2H3. The van der Waals surface area contributed by atoms with E-state index in [1.165, 1.54) is 6.07 Å². The van der Waals surface area contributed by atoms with Crippen LogP contribution in [0.2, 0.25) is 0 Å². The third kappa shape index (κ3) is 2.23. The van der Waals surface area contributed by atoms with Crippen LogP contribution in [0, 0.1) is 19.7 Å². The third-order valence-corrected chi connectivity index (χ3v) is 2.70. The smallest absolute Gasteiger partial charge is 0.193 e. The van der Waals surface area contributed by atoms with Crippen molar-refractivity contribution in [2.75, 3.05) is 0 Å². The first-order chi connectivity index (χ1) is 8.09. The van der Waals surface area contributed by atoms with E-state index in [0.717, 1.165) is 5.56 Å². The quantitative estimate of drug-likeness (QED) is 0.741. The summed E-state index contributed by atoms with van der Waals surface area (Å²) in [5, 5.41) is 0. The van der Waals surface area contributed by atoms with Gasteiger partial charge in [0.1, 0.15) is 5.82 Å². The first-order valence-corrected chi connectivity index (χ1v) is 5.31. The van der Waals surface area contributed by atoms with Crippen molar-refractivity contribution >= 4 is 5.78 Å². The van der Waals surface area contributed by atoms with Crippen molar-refractivity contribution in [1.29, 1.82) is 0 Å². The number of aromatic nitrogens is 1. The topological polar surface area (TPSA) is 30.0 Å². The molecule has 0 aliphatic carbocycles. The zero-order valence-corrected chi connectivity index (χ0v) is 9.70. The number of hydrogen-bond donors (Lipinski definition) is 0. The molecule has 0 saturated heterocycles. The highest BCUT2D eigenvalue weighted by Gasteiger charge is 2.12. The summed E-state index contributed by atoms with van der Waals surface area (Å²) in [4.78, 5) is 16.1. The minimum atomic E-state index is -0.359. The molecule has 0 unspecified atom stereocenters. The predicted molar refractivity (Wildman–Crippen MR) is 63.5 cm³/mol. The van der Waals surface area contributed by atoms with E-state index in [0.29, 0.717) is 16.7 Å². The molecule has 0 bridgehead atoms. The summed E-state index contributed by atoms with van der Waals surface area (Å²) < 4.78 is 13.4. The number of rotatable bonds is 2. The van der Waals surface area contributed by atoms with Crippen molar-refractivity contribution in [3.63, 3.8) is 0 Å². The molecule has 2 nitrogen and oxygen atoms in total. The number of benzene rings is 1. The number of halogens is 1. The summed E-state index contributed by atoms with van der Waals surface area (Å²) in [6.45, 7) is 3.48. The number of pyridine rings is 1. The summed E-state index contributed by atoms with van der Waals surface area (Å²) in [6, 6.07) is 6.17. The lowest BCUT2D eigenvalue weighted by atomic mass is 10.00. The zero-order chi connectivity index (χ0) is 12.4. The van der Waals surface area contributed by atoms with E-state index < -0.39 is 0 Å². The maximum atomic E-state index is 13.4. The highest BCUT2D eigenvalue weighted by molar-refractivity contribution is 6.09. The second kappa shape index (κ2) is 4.45. The van der Waals surface area contributed by atoms with Gasteiger partial charge in [0.25, 0.3) is 0 Å². The summed E-state index contributed by atoms with van der Waals surface area (Å²) >= 11 is 0. The van der Waals surface area contributed by atoms with E-state index in [1.807, 2.05) is 6.92 Å². The van der Waals surface area contributed by atoms with Crippen molar-refractivity contribution in [3.8, 4) is 0 Å². The summed E-state index contributed by atoms with van der Waals surface area (Å²) in [7, 11) is 0. The second-order valence-corrected chi connectivity index (χ2v) is 3.98. The first kappa shape index (κ1) is 11.5. The van der Waals surface area contributed by atoms with E-state index in [9.17, 15) is 9.18 Å². The Morgan fingerprint density at radius 1 is 1.18 bits per heavy atom. The molecule has 3 heteroatoms. The van der Waals surface area contributed by atoms with Crippen LogP contribution in [0.25, 0.3) is 0 Å². The van der Waals surface area contributed by atoms with Crippen LogP contribution in [0.3, 0.4) is 0 Å². The Bertz CT molecular complexity index is 578. The van der Waals surface area contributed by atoms with E-state index in [1.54, 1.807) is 37.5 Å². The van der Waals surface area contributed by atoms with Gasteiger partial charge in [-0.05, 0) is 37.1 Å². The molecule has 1 aromatic heterocycles. The highest BCUT2D eigenvalue weighted by atomic mass is 19.1. The van der Waals surface area contributed by atoms with Gasteiger partial charge >= 0.3 is 0 Å². The zero-order valence-electron chi connectivity index (χ0n) is 9.70. The van der Waals surface area contributed by atoms with E-state index >= 15 is 0 Å². The van der Waals surface area contributed by atoms with Crippen LogP contribution in [0.5, 0.6) is 0 Å². The molecule has 0 aliphatic rings. The minimum Gasteiger partial charge on any atom is -0.289 e. The van der Waals surface area contributed by atoms with Gasteiger partial charge in [0.05, 0.1) is 0 Å². The molecule has 0 aliphatic heterocycles. The molecule has 0 saturated carbocycles. The monoisotopic (exact) mass is 229 g/mol. The fourth-order valence-electron chi connectivity index (χ4n) is 1.62. The number of ketones is 1. The molecule has 1 heterocycles. The Balaban J connectivity index is 2.44. The molecule has 0 atom stereocenters.